The summed E-state index contributed by atoms with van der Waals surface area (Å²) < 4.78 is 0. The maximum atomic E-state index is 4.80. The quantitative estimate of drug-likeness (QED) is 0.655. The first-order chi connectivity index (χ1) is 9.86. The van der Waals surface area contributed by atoms with Gasteiger partial charge < -0.3 is 4.98 Å². The summed E-state index contributed by atoms with van der Waals surface area (Å²) in [6.45, 7) is 11.0. The Kier molecular flexibility index (Phi) is 3.12. The number of fused-ring (bicyclic) bond motifs is 1. The minimum absolute atomic E-state index is 0.0986. The molecular weight excluding hydrogens is 256 g/mol. The molecule has 0 unspecified atom stereocenters. The molecule has 0 fully saturated rings. The average Bonchev–Trinajstić information content (AvgIpc) is 2.81. The monoisotopic (exact) mass is 278 g/mol. The van der Waals surface area contributed by atoms with Gasteiger partial charge in [-0.15, -0.1) is 0 Å². The van der Waals surface area contributed by atoms with Crippen LogP contribution in [0.1, 0.15) is 37.5 Å². The van der Waals surface area contributed by atoms with Crippen molar-refractivity contribution in [1.29, 1.82) is 0 Å². The molecule has 0 aliphatic rings. The molecule has 0 amide bonds. The number of nitrogens with one attached hydrogen (secondary N) is 1. The van der Waals surface area contributed by atoms with Gasteiger partial charge in [-0.25, -0.2) is 4.98 Å². The summed E-state index contributed by atoms with van der Waals surface area (Å²) in [5, 5.41) is 0. The van der Waals surface area contributed by atoms with Crippen LogP contribution in [0, 0.1) is 13.8 Å². The Morgan fingerprint density at radius 2 is 1.62 bits per heavy atom. The molecule has 0 atom stereocenters. The highest BCUT2D eigenvalue weighted by Crippen LogP contribution is 2.32. The number of hydrogen-bond acceptors (Lipinski definition) is 1. The molecule has 0 aliphatic heterocycles. The molecule has 0 saturated heterocycles. The van der Waals surface area contributed by atoms with Gasteiger partial charge in [0.15, 0.2) is 0 Å². The number of benzene rings is 2. The van der Waals surface area contributed by atoms with E-state index < -0.39 is 0 Å². The van der Waals surface area contributed by atoms with E-state index in [1.165, 1.54) is 22.3 Å². The summed E-state index contributed by atoms with van der Waals surface area (Å²) >= 11 is 0. The van der Waals surface area contributed by atoms with Gasteiger partial charge >= 0.3 is 0 Å². The molecule has 0 aliphatic carbocycles. The van der Waals surface area contributed by atoms with Crippen LogP contribution in [0.4, 0.5) is 0 Å². The minimum Gasteiger partial charge on any atom is -0.338 e. The lowest BCUT2D eigenvalue weighted by molar-refractivity contribution is 0.591. The van der Waals surface area contributed by atoms with Crippen molar-refractivity contribution >= 4 is 11.0 Å². The zero-order valence-electron chi connectivity index (χ0n) is 13.4. The van der Waals surface area contributed by atoms with Gasteiger partial charge in [0.25, 0.3) is 0 Å². The molecule has 1 aromatic heterocycles. The SMILES string of the molecule is Cc1cc2nc(-c3ccccc3C(C)(C)C)[nH]c2cc1C. The third-order valence-electron chi connectivity index (χ3n) is 4.09. The second-order valence-electron chi connectivity index (χ2n) is 6.83. The number of hydrogen-bond donors (Lipinski definition) is 1. The first-order valence-electron chi connectivity index (χ1n) is 7.43. The molecule has 3 rings (SSSR count). The molecule has 0 saturated carbocycles. The average molecular weight is 278 g/mol. The zero-order valence-corrected chi connectivity index (χ0v) is 13.4. The Balaban J connectivity index is 2.22. The van der Waals surface area contributed by atoms with Crippen molar-refractivity contribution in [3.63, 3.8) is 0 Å². The maximum Gasteiger partial charge on any atom is 0.138 e. The lowest BCUT2D eigenvalue weighted by Crippen LogP contribution is -2.12. The van der Waals surface area contributed by atoms with Gasteiger partial charge in [-0.1, -0.05) is 45.0 Å². The van der Waals surface area contributed by atoms with Gasteiger partial charge in [-0.2, -0.15) is 0 Å². The summed E-state index contributed by atoms with van der Waals surface area (Å²) in [4.78, 5) is 8.28. The van der Waals surface area contributed by atoms with E-state index in [1.807, 2.05) is 0 Å². The van der Waals surface area contributed by atoms with Crippen molar-refractivity contribution in [2.45, 2.75) is 40.0 Å². The van der Waals surface area contributed by atoms with Crippen LogP contribution in [0.25, 0.3) is 22.4 Å². The van der Waals surface area contributed by atoms with Crippen LogP contribution >= 0.6 is 0 Å². The number of aromatic amines is 1. The first-order valence-corrected chi connectivity index (χ1v) is 7.43. The highest BCUT2D eigenvalue weighted by atomic mass is 14.9. The Bertz CT molecular complexity index is 765. The molecule has 3 aromatic rings. The van der Waals surface area contributed by atoms with E-state index in [0.717, 1.165) is 16.9 Å². The maximum absolute atomic E-state index is 4.80. The van der Waals surface area contributed by atoms with E-state index in [1.54, 1.807) is 0 Å². The van der Waals surface area contributed by atoms with Gasteiger partial charge in [-0.3, -0.25) is 0 Å². The molecule has 2 nitrogen and oxygen atoms in total. The van der Waals surface area contributed by atoms with Crippen LogP contribution in [0.2, 0.25) is 0 Å². The van der Waals surface area contributed by atoms with E-state index in [9.17, 15) is 0 Å². The van der Waals surface area contributed by atoms with Crippen LogP contribution in [0.15, 0.2) is 36.4 Å². The van der Waals surface area contributed by atoms with Gasteiger partial charge in [0.05, 0.1) is 11.0 Å². The molecule has 1 heterocycles. The number of aryl methyl sites for hydroxylation is 2. The smallest absolute Gasteiger partial charge is 0.138 e. The molecule has 0 spiro atoms. The van der Waals surface area contributed by atoms with Gasteiger partial charge in [0.1, 0.15) is 5.82 Å². The van der Waals surface area contributed by atoms with Gasteiger partial charge in [0, 0.05) is 5.56 Å². The molecule has 2 heteroatoms. The van der Waals surface area contributed by atoms with Crippen molar-refractivity contribution in [2.24, 2.45) is 0 Å². The lowest BCUT2D eigenvalue weighted by atomic mass is 9.83. The summed E-state index contributed by atoms with van der Waals surface area (Å²) in [5.41, 5.74) is 7.33. The van der Waals surface area contributed by atoms with Crippen LogP contribution in [0.5, 0.6) is 0 Å². The fourth-order valence-corrected chi connectivity index (χ4v) is 2.74. The second-order valence-corrected chi connectivity index (χ2v) is 6.83. The number of aromatic nitrogens is 2. The van der Waals surface area contributed by atoms with Crippen molar-refractivity contribution in [3.8, 4) is 11.4 Å². The van der Waals surface area contributed by atoms with E-state index >= 15 is 0 Å². The largest absolute Gasteiger partial charge is 0.338 e. The first kappa shape index (κ1) is 13.9. The molecule has 2 aromatic carbocycles. The Morgan fingerprint density at radius 1 is 0.952 bits per heavy atom. The third-order valence-corrected chi connectivity index (χ3v) is 4.09. The normalized spacial score (nSPS) is 12.0. The van der Waals surface area contributed by atoms with Crippen LogP contribution in [-0.4, -0.2) is 9.97 Å². The van der Waals surface area contributed by atoms with E-state index in [4.69, 9.17) is 4.98 Å². The summed E-state index contributed by atoms with van der Waals surface area (Å²) in [7, 11) is 0. The number of H-pyrrole nitrogens is 1. The molecular formula is C19H22N2. The molecule has 21 heavy (non-hydrogen) atoms. The second kappa shape index (κ2) is 4.73. The number of imidazole rings is 1. The predicted octanol–water partition coefficient (Wildman–Crippen LogP) is 5.14. The summed E-state index contributed by atoms with van der Waals surface area (Å²) in [6, 6.07) is 12.9. The highest BCUT2D eigenvalue weighted by molar-refractivity contribution is 5.81. The van der Waals surface area contributed by atoms with Crippen LogP contribution in [-0.2, 0) is 5.41 Å². The van der Waals surface area contributed by atoms with Gasteiger partial charge in [0.2, 0.25) is 0 Å². The lowest BCUT2D eigenvalue weighted by Gasteiger charge is -2.21. The Labute approximate surface area is 126 Å². The fraction of sp³-hybridized carbons (Fsp3) is 0.316. The van der Waals surface area contributed by atoms with E-state index in [0.29, 0.717) is 0 Å². The van der Waals surface area contributed by atoms with Gasteiger partial charge in [-0.05, 0) is 48.1 Å². The molecule has 0 radical (unpaired) electrons. The number of rotatable bonds is 1. The van der Waals surface area contributed by atoms with Crippen LogP contribution in [0.3, 0.4) is 0 Å². The molecule has 0 bridgehead atoms. The summed E-state index contributed by atoms with van der Waals surface area (Å²) in [6.07, 6.45) is 0. The van der Waals surface area contributed by atoms with Crippen molar-refractivity contribution in [1.82, 2.24) is 9.97 Å². The summed E-state index contributed by atoms with van der Waals surface area (Å²) in [5.74, 6) is 0.959. The van der Waals surface area contributed by atoms with Crippen molar-refractivity contribution in [3.05, 3.63) is 53.1 Å². The minimum atomic E-state index is 0.0986. The van der Waals surface area contributed by atoms with Crippen LogP contribution < -0.4 is 0 Å². The molecule has 108 valence electrons. The standard InChI is InChI=1S/C19H22N2/c1-12-10-16-17(11-13(12)2)21-18(20-16)14-8-6-7-9-15(14)19(3,4)5/h6-11H,1-5H3,(H,20,21). The highest BCUT2D eigenvalue weighted by Gasteiger charge is 2.19. The van der Waals surface area contributed by atoms with E-state index in [-0.39, 0.29) is 5.41 Å². The fourth-order valence-electron chi connectivity index (χ4n) is 2.74. The third kappa shape index (κ3) is 2.46. The van der Waals surface area contributed by atoms with Crippen molar-refractivity contribution in [2.75, 3.05) is 0 Å². The number of nitrogens with zero attached hydrogens (tertiary/aromatic N) is 1. The molecule has 1 N–H and O–H groups in total. The Hall–Kier alpha value is -2.09. The van der Waals surface area contributed by atoms with E-state index in [2.05, 4.69) is 76.0 Å². The Morgan fingerprint density at radius 3 is 2.33 bits per heavy atom. The van der Waals surface area contributed by atoms with Crippen molar-refractivity contribution < 1.29 is 0 Å². The topological polar surface area (TPSA) is 28.7 Å². The zero-order chi connectivity index (χ0) is 15.2. The predicted molar refractivity (Wildman–Crippen MR) is 89.7 cm³/mol.